The molecule has 0 radical (unpaired) electrons. The topological polar surface area (TPSA) is 60.2 Å². The van der Waals surface area contributed by atoms with Crippen LogP contribution in [0.1, 0.15) is 53.3 Å². The number of aromatic nitrogens is 3. The zero-order valence-electron chi connectivity index (χ0n) is 15.7. The summed E-state index contributed by atoms with van der Waals surface area (Å²) >= 11 is 0. The summed E-state index contributed by atoms with van der Waals surface area (Å²) in [6.45, 7) is 3.47. The molecule has 0 bridgehead atoms. The lowest BCUT2D eigenvalue weighted by molar-refractivity contribution is 0.0772. The fourth-order valence-electron chi connectivity index (χ4n) is 4.91. The van der Waals surface area contributed by atoms with Crippen molar-refractivity contribution < 1.29 is 9.53 Å². The number of likely N-dealkylation sites (tertiary alicyclic amines) is 1. The number of nitrogens with zero attached hydrogens (tertiary/aromatic N) is 4. The Labute approximate surface area is 154 Å². The highest BCUT2D eigenvalue weighted by Crippen LogP contribution is 2.53. The average Bonchev–Trinajstić information content (AvgIpc) is 3.36. The number of carbonyl (C=O) groups is 1. The molecule has 1 aromatic carbocycles. The molecule has 1 saturated carbocycles. The van der Waals surface area contributed by atoms with Crippen molar-refractivity contribution in [2.75, 3.05) is 20.2 Å². The largest absolute Gasteiger partial charge is 0.496 e. The highest BCUT2D eigenvalue weighted by Gasteiger charge is 2.51. The quantitative estimate of drug-likeness (QED) is 0.850. The number of hydrogen-bond acceptors (Lipinski definition) is 4. The number of methoxy groups -OCH3 is 1. The zero-order chi connectivity index (χ0) is 18.3. The SMILES string of the molecule is COc1cccc(C(=O)N2CC(c3nncn3C)C3(CCCC3)C2)c1C. The van der Waals surface area contributed by atoms with Gasteiger partial charge in [0.2, 0.25) is 0 Å². The summed E-state index contributed by atoms with van der Waals surface area (Å²) in [6.07, 6.45) is 6.54. The fourth-order valence-corrected chi connectivity index (χ4v) is 4.91. The Hall–Kier alpha value is -2.37. The smallest absolute Gasteiger partial charge is 0.254 e. The van der Waals surface area contributed by atoms with Crippen LogP contribution in [0.3, 0.4) is 0 Å². The van der Waals surface area contributed by atoms with E-state index in [0.29, 0.717) is 6.54 Å². The van der Waals surface area contributed by atoms with Gasteiger partial charge < -0.3 is 14.2 Å². The molecule has 1 amide bonds. The summed E-state index contributed by atoms with van der Waals surface area (Å²) in [6, 6.07) is 5.69. The highest BCUT2D eigenvalue weighted by molar-refractivity contribution is 5.96. The first-order chi connectivity index (χ1) is 12.6. The van der Waals surface area contributed by atoms with Crippen molar-refractivity contribution in [2.24, 2.45) is 12.5 Å². The normalized spacial score (nSPS) is 21.5. The molecule has 1 unspecified atom stereocenters. The van der Waals surface area contributed by atoms with Crippen molar-refractivity contribution in [3.05, 3.63) is 41.5 Å². The van der Waals surface area contributed by atoms with Gasteiger partial charge >= 0.3 is 0 Å². The maximum Gasteiger partial charge on any atom is 0.254 e. The van der Waals surface area contributed by atoms with Crippen LogP contribution >= 0.6 is 0 Å². The van der Waals surface area contributed by atoms with E-state index in [1.54, 1.807) is 13.4 Å². The molecule has 2 heterocycles. The summed E-state index contributed by atoms with van der Waals surface area (Å²) in [7, 11) is 3.64. The van der Waals surface area contributed by atoms with E-state index in [1.165, 1.54) is 12.8 Å². The second-order valence-corrected chi connectivity index (χ2v) is 7.74. The molecule has 2 aliphatic rings. The fraction of sp³-hybridized carbons (Fsp3) is 0.550. The molecule has 6 heteroatoms. The summed E-state index contributed by atoms with van der Waals surface area (Å²) in [5.74, 6) is 2.12. The minimum Gasteiger partial charge on any atom is -0.496 e. The van der Waals surface area contributed by atoms with Crippen LogP contribution in [-0.2, 0) is 7.05 Å². The molecule has 1 atom stereocenters. The first kappa shape index (κ1) is 17.1. The lowest BCUT2D eigenvalue weighted by Gasteiger charge is -2.28. The van der Waals surface area contributed by atoms with Gasteiger partial charge in [-0.15, -0.1) is 10.2 Å². The number of amides is 1. The summed E-state index contributed by atoms with van der Waals surface area (Å²) < 4.78 is 7.40. The van der Waals surface area contributed by atoms with Gasteiger partial charge in [0.05, 0.1) is 7.11 Å². The van der Waals surface area contributed by atoms with Crippen molar-refractivity contribution in [1.29, 1.82) is 0 Å². The third-order valence-corrected chi connectivity index (χ3v) is 6.33. The Morgan fingerprint density at radius 3 is 2.73 bits per heavy atom. The van der Waals surface area contributed by atoms with Gasteiger partial charge in [0, 0.05) is 37.2 Å². The van der Waals surface area contributed by atoms with Crippen LogP contribution < -0.4 is 4.74 Å². The van der Waals surface area contributed by atoms with Gasteiger partial charge in [-0.25, -0.2) is 0 Å². The first-order valence-electron chi connectivity index (χ1n) is 9.32. The van der Waals surface area contributed by atoms with Crippen molar-refractivity contribution in [2.45, 2.75) is 38.5 Å². The zero-order valence-corrected chi connectivity index (χ0v) is 15.7. The van der Waals surface area contributed by atoms with E-state index in [-0.39, 0.29) is 17.2 Å². The number of carbonyl (C=O) groups excluding carboxylic acids is 1. The summed E-state index contributed by atoms with van der Waals surface area (Å²) in [5, 5.41) is 8.46. The highest BCUT2D eigenvalue weighted by atomic mass is 16.5. The minimum atomic E-state index is 0.0948. The second-order valence-electron chi connectivity index (χ2n) is 7.74. The Morgan fingerprint density at radius 2 is 2.08 bits per heavy atom. The predicted molar refractivity (Wildman–Crippen MR) is 98.3 cm³/mol. The van der Waals surface area contributed by atoms with E-state index in [2.05, 4.69) is 10.2 Å². The maximum atomic E-state index is 13.3. The molecular weight excluding hydrogens is 328 g/mol. The number of aryl methyl sites for hydroxylation is 1. The third-order valence-electron chi connectivity index (χ3n) is 6.33. The van der Waals surface area contributed by atoms with Crippen LogP contribution in [0.15, 0.2) is 24.5 Å². The molecular formula is C20H26N4O2. The van der Waals surface area contributed by atoms with Crippen LogP contribution in [0.25, 0.3) is 0 Å². The number of hydrogen-bond donors (Lipinski definition) is 0. The van der Waals surface area contributed by atoms with Crippen LogP contribution in [-0.4, -0.2) is 45.8 Å². The van der Waals surface area contributed by atoms with Gasteiger partial charge in [0.25, 0.3) is 5.91 Å². The van der Waals surface area contributed by atoms with Gasteiger partial charge in [0.1, 0.15) is 17.9 Å². The van der Waals surface area contributed by atoms with Crippen LogP contribution in [0.2, 0.25) is 0 Å². The summed E-state index contributed by atoms with van der Waals surface area (Å²) in [4.78, 5) is 15.3. The standard InChI is InChI=1S/C20H26N4O2/c1-14-15(7-6-8-17(14)26-3)19(25)24-11-16(18-22-21-13-23(18)2)20(12-24)9-4-5-10-20/h6-8,13,16H,4-5,9-12H2,1-3H3. The molecule has 0 N–H and O–H groups in total. The van der Waals surface area contributed by atoms with Crippen LogP contribution in [0, 0.1) is 12.3 Å². The van der Waals surface area contributed by atoms with Gasteiger partial charge in [-0.05, 0) is 37.3 Å². The van der Waals surface area contributed by atoms with E-state index in [0.717, 1.165) is 42.1 Å². The Balaban J connectivity index is 1.67. The van der Waals surface area contributed by atoms with Crippen molar-refractivity contribution in [3.8, 4) is 5.75 Å². The lowest BCUT2D eigenvalue weighted by atomic mass is 9.76. The second kappa shape index (κ2) is 6.41. The van der Waals surface area contributed by atoms with Crippen LogP contribution in [0.5, 0.6) is 5.75 Å². The molecule has 4 rings (SSSR count). The molecule has 1 saturated heterocycles. The Morgan fingerprint density at radius 1 is 1.31 bits per heavy atom. The molecule has 1 aliphatic carbocycles. The predicted octanol–water partition coefficient (Wildman–Crippen LogP) is 2.93. The molecule has 138 valence electrons. The third kappa shape index (κ3) is 2.59. The first-order valence-corrected chi connectivity index (χ1v) is 9.32. The van der Waals surface area contributed by atoms with Crippen molar-refractivity contribution in [3.63, 3.8) is 0 Å². The number of ether oxygens (including phenoxy) is 1. The van der Waals surface area contributed by atoms with E-state index in [4.69, 9.17) is 4.74 Å². The molecule has 26 heavy (non-hydrogen) atoms. The Bertz CT molecular complexity index is 823. The lowest BCUT2D eigenvalue weighted by Crippen LogP contribution is -2.31. The van der Waals surface area contributed by atoms with Crippen molar-refractivity contribution >= 4 is 5.91 Å². The summed E-state index contributed by atoms with van der Waals surface area (Å²) in [5.41, 5.74) is 1.78. The van der Waals surface area contributed by atoms with E-state index < -0.39 is 0 Å². The minimum absolute atomic E-state index is 0.0948. The molecule has 1 spiro atoms. The average molecular weight is 354 g/mol. The number of benzene rings is 1. The Kier molecular flexibility index (Phi) is 4.21. The van der Waals surface area contributed by atoms with Gasteiger partial charge in [-0.2, -0.15) is 0 Å². The van der Waals surface area contributed by atoms with E-state index in [1.807, 2.05) is 41.6 Å². The van der Waals surface area contributed by atoms with E-state index in [9.17, 15) is 4.79 Å². The van der Waals surface area contributed by atoms with Crippen LogP contribution in [0.4, 0.5) is 0 Å². The molecule has 2 fully saturated rings. The monoisotopic (exact) mass is 354 g/mol. The molecule has 1 aromatic heterocycles. The maximum absolute atomic E-state index is 13.3. The molecule has 6 nitrogen and oxygen atoms in total. The van der Waals surface area contributed by atoms with Gasteiger partial charge in [-0.1, -0.05) is 18.9 Å². The van der Waals surface area contributed by atoms with E-state index >= 15 is 0 Å². The van der Waals surface area contributed by atoms with Gasteiger partial charge in [0.15, 0.2) is 0 Å². The van der Waals surface area contributed by atoms with Gasteiger partial charge in [-0.3, -0.25) is 4.79 Å². The molecule has 2 aromatic rings. The number of rotatable bonds is 3. The van der Waals surface area contributed by atoms with Crippen molar-refractivity contribution in [1.82, 2.24) is 19.7 Å². The molecule has 1 aliphatic heterocycles.